The summed E-state index contributed by atoms with van der Waals surface area (Å²) in [5, 5.41) is 24.3. The van der Waals surface area contributed by atoms with Crippen molar-refractivity contribution in [3.8, 4) is 0 Å². The number of carbonyl (C=O) groups is 4. The average Bonchev–Trinajstić information content (AvgIpc) is 3.67. The lowest BCUT2D eigenvalue weighted by Crippen LogP contribution is -2.55. The number of amides is 2. The molecule has 186 valence electrons. The highest BCUT2D eigenvalue weighted by atomic mass is 16.6. The molecule has 0 unspecified atom stereocenters. The van der Waals surface area contributed by atoms with E-state index < -0.39 is 48.5 Å². The van der Waals surface area contributed by atoms with Crippen LogP contribution in [-0.4, -0.2) is 71.1 Å². The molecule has 3 rings (SSSR count). The molecule has 9 nitrogen and oxygen atoms in total. The van der Waals surface area contributed by atoms with Crippen LogP contribution in [0, 0.1) is 5.92 Å². The third-order valence-corrected chi connectivity index (χ3v) is 5.76. The summed E-state index contributed by atoms with van der Waals surface area (Å²) >= 11 is 0. The Morgan fingerprint density at radius 2 is 1.54 bits per heavy atom. The first kappa shape index (κ1) is 26.2. The molecule has 9 heteroatoms. The van der Waals surface area contributed by atoms with E-state index in [-0.39, 0.29) is 23.9 Å². The molecular formula is C26H30N2O7. The van der Waals surface area contributed by atoms with Crippen molar-refractivity contribution in [3.63, 3.8) is 0 Å². The molecular weight excluding hydrogens is 452 g/mol. The second kappa shape index (κ2) is 11.4. The highest BCUT2D eigenvalue weighted by molar-refractivity contribution is 6.10. The minimum atomic E-state index is -1.33. The Hall–Kier alpha value is -3.40. The van der Waals surface area contributed by atoms with Gasteiger partial charge in [0.15, 0.2) is 17.2 Å². The fourth-order valence-corrected chi connectivity index (χ4v) is 3.68. The van der Waals surface area contributed by atoms with E-state index in [0.29, 0.717) is 17.5 Å². The Kier molecular flexibility index (Phi) is 8.50. The highest BCUT2D eigenvalue weighted by Gasteiger charge is 2.54. The number of carbonyl (C=O) groups excluding carboxylic acids is 4. The molecule has 0 spiro atoms. The third-order valence-electron chi connectivity index (χ3n) is 5.76. The number of hydrogen-bond donors (Lipinski definition) is 4. The number of rotatable bonds is 12. The van der Waals surface area contributed by atoms with Gasteiger partial charge in [-0.2, -0.15) is 0 Å². The summed E-state index contributed by atoms with van der Waals surface area (Å²) in [5.74, 6) is -2.06. The van der Waals surface area contributed by atoms with Crippen LogP contribution >= 0.6 is 0 Å². The largest absolute Gasteiger partial charge is 0.394 e. The number of aliphatic hydroxyl groups is 2. The molecule has 1 saturated heterocycles. The first-order chi connectivity index (χ1) is 16.7. The molecule has 4 N–H and O–H groups in total. The van der Waals surface area contributed by atoms with Gasteiger partial charge in [-0.05, 0) is 24.5 Å². The monoisotopic (exact) mass is 482 g/mol. The predicted octanol–water partition coefficient (Wildman–Crippen LogP) is 0.870. The second-order valence-electron chi connectivity index (χ2n) is 8.98. The number of epoxide rings is 1. The van der Waals surface area contributed by atoms with Crippen molar-refractivity contribution in [2.45, 2.75) is 38.0 Å². The maximum Gasteiger partial charge on any atom is 0.252 e. The van der Waals surface area contributed by atoms with Gasteiger partial charge in [-0.1, -0.05) is 56.3 Å². The summed E-state index contributed by atoms with van der Waals surface area (Å²) in [7, 11) is 0. The lowest BCUT2D eigenvalue weighted by molar-refractivity contribution is -0.133. The summed E-state index contributed by atoms with van der Waals surface area (Å²) in [6.07, 6.45) is 0.297. The average molecular weight is 483 g/mol. The summed E-state index contributed by atoms with van der Waals surface area (Å²) in [5.41, 5.74) is -0.399. The molecule has 0 radical (unpaired) electrons. The van der Waals surface area contributed by atoms with Gasteiger partial charge in [-0.25, -0.2) is 0 Å². The van der Waals surface area contributed by atoms with Crippen LogP contribution in [0.5, 0.6) is 0 Å². The number of ether oxygens (including phenoxy) is 1. The molecule has 3 atom stereocenters. The van der Waals surface area contributed by atoms with Crippen molar-refractivity contribution in [1.29, 1.82) is 0 Å². The number of ketones is 2. The van der Waals surface area contributed by atoms with Crippen molar-refractivity contribution >= 4 is 23.4 Å². The van der Waals surface area contributed by atoms with Gasteiger partial charge in [0.1, 0.15) is 6.04 Å². The van der Waals surface area contributed by atoms with Gasteiger partial charge in [0.2, 0.25) is 5.91 Å². The molecule has 0 aromatic heterocycles. The van der Waals surface area contributed by atoms with Crippen molar-refractivity contribution < 1.29 is 34.1 Å². The van der Waals surface area contributed by atoms with Crippen LogP contribution in [0.3, 0.4) is 0 Å². The van der Waals surface area contributed by atoms with E-state index >= 15 is 0 Å². The SMILES string of the molecule is CC(C)C[C@H](NC(=O)[C@H](CO)NC(=O)c1cccc(C(=O)c2ccccc2)c1)C(=O)[C@]1(CO)CO1. The highest BCUT2D eigenvalue weighted by Crippen LogP contribution is 2.30. The molecule has 1 aliphatic rings. The van der Waals surface area contributed by atoms with Gasteiger partial charge < -0.3 is 25.6 Å². The number of benzene rings is 2. The Balaban J connectivity index is 1.70. The van der Waals surface area contributed by atoms with Crippen molar-refractivity contribution in [3.05, 3.63) is 71.3 Å². The maximum atomic E-state index is 12.8. The minimum absolute atomic E-state index is 0.0470. The third kappa shape index (κ3) is 6.39. The number of nitrogens with one attached hydrogen (secondary N) is 2. The molecule has 0 saturated carbocycles. The fourth-order valence-electron chi connectivity index (χ4n) is 3.68. The van der Waals surface area contributed by atoms with Gasteiger partial charge in [-0.3, -0.25) is 19.2 Å². The van der Waals surface area contributed by atoms with E-state index in [9.17, 15) is 29.4 Å². The lowest BCUT2D eigenvalue weighted by Gasteiger charge is -2.24. The molecule has 35 heavy (non-hydrogen) atoms. The molecule has 2 aromatic rings. The van der Waals surface area contributed by atoms with Gasteiger partial charge in [0.05, 0.1) is 25.9 Å². The van der Waals surface area contributed by atoms with Crippen LogP contribution in [0.1, 0.15) is 46.5 Å². The first-order valence-corrected chi connectivity index (χ1v) is 11.4. The fraction of sp³-hybridized carbons (Fsp3) is 0.385. The summed E-state index contributed by atoms with van der Waals surface area (Å²) in [6.45, 7) is 2.63. The van der Waals surface area contributed by atoms with Crippen LogP contribution in [-0.2, 0) is 14.3 Å². The zero-order valence-electron chi connectivity index (χ0n) is 19.7. The van der Waals surface area contributed by atoms with Gasteiger partial charge >= 0.3 is 0 Å². The Morgan fingerprint density at radius 1 is 0.914 bits per heavy atom. The van der Waals surface area contributed by atoms with Crippen molar-refractivity contribution in [2.75, 3.05) is 19.8 Å². The molecule has 0 bridgehead atoms. The molecule has 2 aromatic carbocycles. The van der Waals surface area contributed by atoms with Gasteiger partial charge in [-0.15, -0.1) is 0 Å². The van der Waals surface area contributed by atoms with Crippen LogP contribution in [0.4, 0.5) is 0 Å². The van der Waals surface area contributed by atoms with Crippen molar-refractivity contribution in [2.24, 2.45) is 5.92 Å². The predicted molar refractivity (Wildman–Crippen MR) is 127 cm³/mol. The lowest BCUT2D eigenvalue weighted by atomic mass is 9.92. The van der Waals surface area contributed by atoms with Crippen LogP contribution in [0.15, 0.2) is 54.6 Å². The second-order valence-corrected chi connectivity index (χ2v) is 8.98. The number of Topliss-reactive ketones (excluding diaryl/α,β-unsaturated/α-hetero) is 1. The van der Waals surface area contributed by atoms with Crippen LogP contribution in [0.25, 0.3) is 0 Å². The standard InChI is InChI=1S/C26H30N2O7/c1-16(2)11-20(23(32)26(14-30)15-35-26)27-25(34)21(13-29)28-24(33)19-10-6-9-18(12-19)22(31)17-7-4-3-5-8-17/h3-10,12,16,20-21,29-30H,11,13-15H2,1-2H3,(H,27,34)(H,28,33)/t20-,21-,26-/m0/s1. The van der Waals surface area contributed by atoms with Crippen LogP contribution < -0.4 is 10.6 Å². The Bertz CT molecular complexity index is 1080. The van der Waals surface area contributed by atoms with E-state index in [4.69, 9.17) is 4.74 Å². The molecule has 1 heterocycles. The number of aliphatic hydroxyl groups excluding tert-OH is 2. The summed E-state index contributed by atoms with van der Waals surface area (Å²) in [4.78, 5) is 51.2. The Morgan fingerprint density at radius 3 is 2.11 bits per heavy atom. The van der Waals surface area contributed by atoms with E-state index in [2.05, 4.69) is 10.6 Å². The summed E-state index contributed by atoms with van der Waals surface area (Å²) in [6, 6.07) is 12.4. The normalized spacial score (nSPS) is 18.4. The quantitative estimate of drug-likeness (QED) is 0.259. The number of hydrogen-bond acceptors (Lipinski definition) is 7. The molecule has 2 amide bonds. The zero-order chi connectivity index (χ0) is 25.6. The zero-order valence-corrected chi connectivity index (χ0v) is 19.7. The maximum absolute atomic E-state index is 12.8. The van der Waals surface area contributed by atoms with E-state index in [1.165, 1.54) is 12.1 Å². The summed E-state index contributed by atoms with van der Waals surface area (Å²) < 4.78 is 5.13. The molecule has 1 aliphatic heterocycles. The smallest absolute Gasteiger partial charge is 0.252 e. The van der Waals surface area contributed by atoms with E-state index in [1.54, 1.807) is 42.5 Å². The van der Waals surface area contributed by atoms with E-state index in [1.807, 2.05) is 13.8 Å². The van der Waals surface area contributed by atoms with Crippen molar-refractivity contribution in [1.82, 2.24) is 10.6 Å². The van der Waals surface area contributed by atoms with E-state index in [0.717, 1.165) is 0 Å². The van der Waals surface area contributed by atoms with Crippen LogP contribution in [0.2, 0.25) is 0 Å². The molecule has 1 fully saturated rings. The van der Waals surface area contributed by atoms with Gasteiger partial charge in [0.25, 0.3) is 5.91 Å². The van der Waals surface area contributed by atoms with Gasteiger partial charge in [0, 0.05) is 16.7 Å². The topological polar surface area (TPSA) is 145 Å². The minimum Gasteiger partial charge on any atom is -0.394 e. The Labute approximate surface area is 203 Å². The first-order valence-electron chi connectivity index (χ1n) is 11.4. The molecule has 0 aliphatic carbocycles.